The van der Waals surface area contributed by atoms with E-state index in [-0.39, 0.29) is 17.3 Å². The lowest BCUT2D eigenvalue weighted by Crippen LogP contribution is -2.41. The first-order chi connectivity index (χ1) is 7.33. The Morgan fingerprint density at radius 1 is 1.62 bits per heavy atom. The summed E-state index contributed by atoms with van der Waals surface area (Å²) < 4.78 is 13.3. The number of aliphatic hydroxyl groups is 1. The molecule has 0 saturated carbocycles. The Labute approximate surface area is 96.7 Å². The fourth-order valence-electron chi connectivity index (χ4n) is 0.976. The second-order valence-corrected chi connectivity index (χ2v) is 3.99. The van der Waals surface area contributed by atoms with Crippen LogP contribution in [0.3, 0.4) is 0 Å². The van der Waals surface area contributed by atoms with Crippen LogP contribution in [0.5, 0.6) is 0 Å². The highest BCUT2D eigenvalue weighted by Gasteiger charge is 2.29. The zero-order chi connectivity index (χ0) is 12.3. The number of hydrogen-bond donors (Lipinski definition) is 3. The standard InChI is InChI=1S/C10H11ClFNO3/c1-10(16,9(14)15)5-13-8-3-2-6(11)4-7(8)12/h2-4,13,16H,5H2,1H3,(H,14,15). The molecule has 0 saturated heterocycles. The van der Waals surface area contributed by atoms with Crippen LogP contribution in [0.1, 0.15) is 6.92 Å². The molecule has 1 unspecified atom stereocenters. The van der Waals surface area contributed by atoms with Gasteiger partial charge in [0.05, 0.1) is 12.2 Å². The van der Waals surface area contributed by atoms with Crippen molar-refractivity contribution in [2.24, 2.45) is 0 Å². The Bertz CT molecular complexity index is 409. The molecule has 16 heavy (non-hydrogen) atoms. The van der Waals surface area contributed by atoms with Crippen molar-refractivity contribution >= 4 is 23.3 Å². The van der Waals surface area contributed by atoms with Crippen LogP contribution < -0.4 is 5.32 Å². The van der Waals surface area contributed by atoms with Crippen molar-refractivity contribution in [3.05, 3.63) is 29.0 Å². The van der Waals surface area contributed by atoms with Gasteiger partial charge in [-0.25, -0.2) is 9.18 Å². The first kappa shape index (κ1) is 12.7. The van der Waals surface area contributed by atoms with E-state index in [9.17, 15) is 14.3 Å². The molecule has 0 aliphatic heterocycles. The van der Waals surface area contributed by atoms with Crippen molar-refractivity contribution in [1.82, 2.24) is 0 Å². The van der Waals surface area contributed by atoms with E-state index in [1.165, 1.54) is 12.1 Å². The van der Waals surface area contributed by atoms with Gasteiger partial charge in [0, 0.05) is 5.02 Å². The lowest BCUT2D eigenvalue weighted by Gasteiger charge is -2.19. The molecule has 0 aliphatic rings. The summed E-state index contributed by atoms with van der Waals surface area (Å²) >= 11 is 5.55. The normalized spacial score (nSPS) is 14.2. The van der Waals surface area contributed by atoms with Crippen LogP contribution in [-0.4, -0.2) is 28.3 Å². The van der Waals surface area contributed by atoms with Gasteiger partial charge < -0.3 is 15.5 Å². The van der Waals surface area contributed by atoms with Gasteiger partial charge in [-0.1, -0.05) is 11.6 Å². The molecule has 1 aromatic rings. The number of carbonyl (C=O) groups is 1. The number of hydrogen-bond acceptors (Lipinski definition) is 3. The molecule has 3 N–H and O–H groups in total. The van der Waals surface area contributed by atoms with Gasteiger partial charge in [0.1, 0.15) is 5.82 Å². The summed E-state index contributed by atoms with van der Waals surface area (Å²) in [4.78, 5) is 10.6. The number of benzene rings is 1. The average molecular weight is 248 g/mol. The number of anilines is 1. The van der Waals surface area contributed by atoms with Crippen LogP contribution in [0.15, 0.2) is 18.2 Å². The molecule has 1 rings (SSSR count). The van der Waals surface area contributed by atoms with Crippen LogP contribution in [0.2, 0.25) is 5.02 Å². The Balaban J connectivity index is 2.72. The van der Waals surface area contributed by atoms with Crippen molar-refractivity contribution in [2.45, 2.75) is 12.5 Å². The second kappa shape index (κ2) is 4.67. The Morgan fingerprint density at radius 2 is 2.25 bits per heavy atom. The van der Waals surface area contributed by atoms with Crippen LogP contribution in [-0.2, 0) is 4.79 Å². The number of aliphatic carboxylic acids is 1. The van der Waals surface area contributed by atoms with Crippen LogP contribution in [0.4, 0.5) is 10.1 Å². The number of carboxylic acid groups (broad SMARTS) is 1. The van der Waals surface area contributed by atoms with Crippen molar-refractivity contribution < 1.29 is 19.4 Å². The van der Waals surface area contributed by atoms with Gasteiger partial charge in [0.15, 0.2) is 5.60 Å². The molecule has 1 atom stereocenters. The van der Waals surface area contributed by atoms with Crippen molar-refractivity contribution in [1.29, 1.82) is 0 Å². The van der Waals surface area contributed by atoms with E-state index < -0.39 is 17.4 Å². The van der Waals surface area contributed by atoms with E-state index in [2.05, 4.69) is 5.32 Å². The van der Waals surface area contributed by atoms with Crippen LogP contribution in [0, 0.1) is 5.82 Å². The largest absolute Gasteiger partial charge is 0.479 e. The fourth-order valence-corrected chi connectivity index (χ4v) is 1.13. The molecule has 0 heterocycles. The zero-order valence-corrected chi connectivity index (χ0v) is 9.25. The molecule has 0 fully saturated rings. The van der Waals surface area contributed by atoms with Crippen LogP contribution in [0.25, 0.3) is 0 Å². The number of nitrogens with one attached hydrogen (secondary N) is 1. The number of halogens is 2. The molecule has 88 valence electrons. The molecular formula is C10H11ClFNO3. The molecular weight excluding hydrogens is 237 g/mol. The fraction of sp³-hybridized carbons (Fsp3) is 0.300. The SMILES string of the molecule is CC(O)(CNc1ccc(Cl)cc1F)C(=O)O. The van der Waals surface area contributed by atoms with E-state index >= 15 is 0 Å². The Hall–Kier alpha value is -1.33. The van der Waals surface area contributed by atoms with Gasteiger partial charge in [0.2, 0.25) is 0 Å². The highest BCUT2D eigenvalue weighted by Crippen LogP contribution is 2.19. The lowest BCUT2D eigenvalue weighted by atomic mass is 10.1. The van der Waals surface area contributed by atoms with Gasteiger partial charge in [-0.2, -0.15) is 0 Å². The van der Waals surface area contributed by atoms with Crippen molar-refractivity contribution in [2.75, 3.05) is 11.9 Å². The predicted octanol–water partition coefficient (Wildman–Crippen LogP) is 1.73. The monoisotopic (exact) mass is 247 g/mol. The minimum absolute atomic E-state index is 0.0888. The molecule has 0 aromatic heterocycles. The summed E-state index contributed by atoms with van der Waals surface area (Å²) in [6.45, 7) is 0.817. The predicted molar refractivity (Wildman–Crippen MR) is 58.2 cm³/mol. The maximum Gasteiger partial charge on any atom is 0.337 e. The number of carboxylic acids is 1. The Morgan fingerprint density at radius 3 is 2.75 bits per heavy atom. The van der Waals surface area contributed by atoms with Gasteiger partial charge in [-0.3, -0.25) is 0 Å². The van der Waals surface area contributed by atoms with Crippen LogP contribution >= 0.6 is 11.6 Å². The maximum atomic E-state index is 13.3. The molecule has 1 aromatic carbocycles. The van der Waals surface area contributed by atoms with E-state index in [0.29, 0.717) is 0 Å². The van der Waals surface area contributed by atoms with Gasteiger partial charge >= 0.3 is 5.97 Å². The smallest absolute Gasteiger partial charge is 0.337 e. The van der Waals surface area contributed by atoms with E-state index in [1.54, 1.807) is 0 Å². The highest BCUT2D eigenvalue weighted by atomic mass is 35.5. The third-order valence-corrected chi connectivity index (χ3v) is 2.25. The minimum Gasteiger partial charge on any atom is -0.479 e. The first-order valence-electron chi connectivity index (χ1n) is 4.47. The maximum absolute atomic E-state index is 13.3. The van der Waals surface area contributed by atoms with E-state index in [0.717, 1.165) is 13.0 Å². The molecule has 0 spiro atoms. The summed E-state index contributed by atoms with van der Waals surface area (Å²) in [6.07, 6.45) is 0. The summed E-state index contributed by atoms with van der Waals surface area (Å²) in [6, 6.07) is 3.93. The minimum atomic E-state index is -1.95. The van der Waals surface area contributed by atoms with Gasteiger partial charge in [0.25, 0.3) is 0 Å². The quantitative estimate of drug-likeness (QED) is 0.758. The van der Waals surface area contributed by atoms with Gasteiger partial charge in [-0.15, -0.1) is 0 Å². The Kier molecular flexibility index (Phi) is 3.72. The molecule has 0 bridgehead atoms. The summed E-state index contributed by atoms with van der Waals surface area (Å²) in [5.41, 5.74) is -1.86. The molecule has 4 nitrogen and oxygen atoms in total. The van der Waals surface area contributed by atoms with E-state index in [1.807, 2.05) is 0 Å². The van der Waals surface area contributed by atoms with Gasteiger partial charge in [-0.05, 0) is 25.1 Å². The highest BCUT2D eigenvalue weighted by molar-refractivity contribution is 6.30. The molecule has 0 radical (unpaired) electrons. The number of rotatable bonds is 4. The first-order valence-corrected chi connectivity index (χ1v) is 4.85. The third kappa shape index (κ3) is 3.08. The third-order valence-electron chi connectivity index (χ3n) is 2.01. The summed E-state index contributed by atoms with van der Waals surface area (Å²) in [5, 5.41) is 20.8. The zero-order valence-electron chi connectivity index (χ0n) is 8.50. The topological polar surface area (TPSA) is 69.6 Å². The van der Waals surface area contributed by atoms with Crippen molar-refractivity contribution in [3.8, 4) is 0 Å². The molecule has 0 aliphatic carbocycles. The average Bonchev–Trinajstić information content (AvgIpc) is 2.16. The molecule has 0 amide bonds. The van der Waals surface area contributed by atoms with Crippen molar-refractivity contribution in [3.63, 3.8) is 0 Å². The molecule has 6 heteroatoms. The lowest BCUT2D eigenvalue weighted by molar-refractivity contribution is -0.155. The summed E-state index contributed by atoms with van der Waals surface area (Å²) in [5.74, 6) is -1.98. The van der Waals surface area contributed by atoms with E-state index in [4.69, 9.17) is 16.7 Å². The second-order valence-electron chi connectivity index (χ2n) is 3.56. The summed E-state index contributed by atoms with van der Waals surface area (Å²) in [7, 11) is 0.